The standard InChI is InChI=1S/C11H11F3N2/c1-7(2)10-4-3-9-5-8(11(12,13)14)6-15-16(9)10/h3-7H,1-2H3. The number of hydrogen-bond donors (Lipinski definition) is 0. The summed E-state index contributed by atoms with van der Waals surface area (Å²) in [7, 11) is 0. The first kappa shape index (κ1) is 11.0. The Balaban J connectivity index is 2.58. The number of hydrogen-bond acceptors (Lipinski definition) is 1. The molecule has 0 fully saturated rings. The predicted molar refractivity (Wildman–Crippen MR) is 54.3 cm³/mol. The second-order valence-corrected chi connectivity index (χ2v) is 3.99. The van der Waals surface area contributed by atoms with Crippen molar-refractivity contribution in [2.75, 3.05) is 0 Å². The van der Waals surface area contributed by atoms with Gasteiger partial charge in [-0.3, -0.25) is 0 Å². The summed E-state index contributed by atoms with van der Waals surface area (Å²) >= 11 is 0. The summed E-state index contributed by atoms with van der Waals surface area (Å²) in [5.41, 5.74) is 0.663. The van der Waals surface area contributed by atoms with Crippen molar-refractivity contribution >= 4 is 5.52 Å². The molecule has 2 nitrogen and oxygen atoms in total. The number of nitrogens with zero attached hydrogens (tertiary/aromatic N) is 2. The third kappa shape index (κ3) is 1.77. The van der Waals surface area contributed by atoms with E-state index in [4.69, 9.17) is 0 Å². The van der Waals surface area contributed by atoms with E-state index in [2.05, 4.69) is 5.10 Å². The van der Waals surface area contributed by atoms with Crippen LogP contribution < -0.4 is 0 Å². The second kappa shape index (κ2) is 3.50. The summed E-state index contributed by atoms with van der Waals surface area (Å²) in [5.74, 6) is 0.228. The second-order valence-electron chi connectivity index (χ2n) is 3.99. The van der Waals surface area contributed by atoms with E-state index >= 15 is 0 Å². The quantitative estimate of drug-likeness (QED) is 0.730. The molecule has 0 N–H and O–H groups in total. The Labute approximate surface area is 90.7 Å². The van der Waals surface area contributed by atoms with Gasteiger partial charge >= 0.3 is 6.18 Å². The van der Waals surface area contributed by atoms with E-state index in [1.807, 2.05) is 13.8 Å². The zero-order valence-electron chi connectivity index (χ0n) is 8.92. The van der Waals surface area contributed by atoms with E-state index in [1.165, 1.54) is 0 Å². The van der Waals surface area contributed by atoms with Gasteiger partial charge in [-0.2, -0.15) is 18.3 Å². The summed E-state index contributed by atoms with van der Waals surface area (Å²) < 4.78 is 38.8. The lowest BCUT2D eigenvalue weighted by Gasteiger charge is -2.08. The first-order chi connectivity index (χ1) is 7.39. The van der Waals surface area contributed by atoms with Crippen LogP contribution in [0.25, 0.3) is 5.52 Å². The number of halogens is 3. The van der Waals surface area contributed by atoms with E-state index in [0.29, 0.717) is 5.52 Å². The molecule has 0 aliphatic heterocycles. The molecule has 0 saturated carbocycles. The van der Waals surface area contributed by atoms with Gasteiger partial charge in [0.05, 0.1) is 17.3 Å². The van der Waals surface area contributed by atoms with Gasteiger partial charge in [0.15, 0.2) is 0 Å². The van der Waals surface area contributed by atoms with E-state index in [-0.39, 0.29) is 5.92 Å². The SMILES string of the molecule is CC(C)c1ccc2cc(C(F)(F)F)cnn12. The van der Waals surface area contributed by atoms with Gasteiger partial charge in [-0.15, -0.1) is 0 Å². The van der Waals surface area contributed by atoms with Crippen LogP contribution in [0.15, 0.2) is 24.4 Å². The third-order valence-corrected chi connectivity index (χ3v) is 2.45. The molecular formula is C11H11F3N2. The molecule has 5 heteroatoms. The molecular weight excluding hydrogens is 217 g/mol. The largest absolute Gasteiger partial charge is 0.418 e. The molecule has 2 aromatic rings. The van der Waals surface area contributed by atoms with Crippen molar-refractivity contribution in [1.29, 1.82) is 0 Å². The Kier molecular flexibility index (Phi) is 2.40. The minimum Gasteiger partial charge on any atom is -0.238 e. The van der Waals surface area contributed by atoms with Crippen molar-refractivity contribution in [2.24, 2.45) is 0 Å². The summed E-state index contributed by atoms with van der Waals surface area (Å²) in [6.45, 7) is 3.95. The van der Waals surface area contributed by atoms with Crippen LogP contribution in [0, 0.1) is 0 Å². The molecule has 0 aliphatic rings. The molecule has 2 aromatic heterocycles. The van der Waals surface area contributed by atoms with Crippen molar-refractivity contribution in [3.63, 3.8) is 0 Å². The first-order valence-corrected chi connectivity index (χ1v) is 4.94. The highest BCUT2D eigenvalue weighted by Gasteiger charge is 2.31. The van der Waals surface area contributed by atoms with Crippen LogP contribution in [-0.2, 0) is 6.18 Å². The van der Waals surface area contributed by atoms with E-state index < -0.39 is 11.7 Å². The monoisotopic (exact) mass is 228 g/mol. The van der Waals surface area contributed by atoms with Crippen molar-refractivity contribution in [1.82, 2.24) is 9.61 Å². The Bertz CT molecular complexity index is 511. The lowest BCUT2D eigenvalue weighted by Crippen LogP contribution is -2.08. The fourth-order valence-electron chi connectivity index (χ4n) is 1.61. The Hall–Kier alpha value is -1.52. The molecule has 0 aromatic carbocycles. The smallest absolute Gasteiger partial charge is 0.238 e. The molecule has 0 atom stereocenters. The molecule has 0 amide bonds. The zero-order valence-corrected chi connectivity index (χ0v) is 8.92. The minimum atomic E-state index is -4.34. The van der Waals surface area contributed by atoms with Gasteiger partial charge in [0, 0.05) is 5.69 Å². The van der Waals surface area contributed by atoms with Gasteiger partial charge in [0.2, 0.25) is 0 Å². The maximum absolute atomic E-state index is 12.4. The summed E-state index contributed by atoms with van der Waals surface area (Å²) in [6, 6.07) is 4.56. The van der Waals surface area contributed by atoms with Gasteiger partial charge in [-0.1, -0.05) is 13.8 Å². The molecule has 2 rings (SSSR count). The highest BCUT2D eigenvalue weighted by molar-refractivity contribution is 5.50. The maximum atomic E-state index is 12.4. The fraction of sp³-hybridized carbons (Fsp3) is 0.364. The van der Waals surface area contributed by atoms with Crippen molar-refractivity contribution in [3.05, 3.63) is 35.7 Å². The van der Waals surface area contributed by atoms with E-state index in [1.54, 1.807) is 16.6 Å². The third-order valence-electron chi connectivity index (χ3n) is 2.45. The molecule has 0 unspecified atom stereocenters. The van der Waals surface area contributed by atoms with Crippen molar-refractivity contribution < 1.29 is 13.2 Å². The normalized spacial score (nSPS) is 12.6. The van der Waals surface area contributed by atoms with Crippen LogP contribution in [0.2, 0.25) is 0 Å². The van der Waals surface area contributed by atoms with Crippen molar-refractivity contribution in [2.45, 2.75) is 25.9 Å². The van der Waals surface area contributed by atoms with E-state index in [9.17, 15) is 13.2 Å². The molecule has 0 aliphatic carbocycles. The molecule has 0 radical (unpaired) electrons. The van der Waals surface area contributed by atoms with Crippen LogP contribution >= 0.6 is 0 Å². The van der Waals surface area contributed by atoms with E-state index in [0.717, 1.165) is 18.0 Å². The minimum absolute atomic E-state index is 0.228. The molecule has 86 valence electrons. The van der Waals surface area contributed by atoms with Gasteiger partial charge in [0.1, 0.15) is 0 Å². The average Bonchev–Trinajstić information content (AvgIpc) is 2.58. The number of fused-ring (bicyclic) bond motifs is 1. The highest BCUT2D eigenvalue weighted by Crippen LogP contribution is 2.30. The van der Waals surface area contributed by atoms with Crippen LogP contribution in [0.4, 0.5) is 13.2 Å². The fourth-order valence-corrected chi connectivity index (χ4v) is 1.61. The zero-order chi connectivity index (χ0) is 11.9. The Morgan fingerprint density at radius 3 is 2.50 bits per heavy atom. The van der Waals surface area contributed by atoms with Gasteiger partial charge in [0.25, 0.3) is 0 Å². The highest BCUT2D eigenvalue weighted by atomic mass is 19.4. The number of rotatable bonds is 1. The number of aromatic nitrogens is 2. The number of alkyl halides is 3. The predicted octanol–water partition coefficient (Wildman–Crippen LogP) is 3.48. The topological polar surface area (TPSA) is 17.3 Å². The van der Waals surface area contributed by atoms with Crippen LogP contribution in [0.5, 0.6) is 0 Å². The van der Waals surface area contributed by atoms with Crippen LogP contribution in [-0.4, -0.2) is 9.61 Å². The molecule has 0 spiro atoms. The molecule has 16 heavy (non-hydrogen) atoms. The molecule has 0 saturated heterocycles. The van der Waals surface area contributed by atoms with Crippen molar-refractivity contribution in [3.8, 4) is 0 Å². The molecule has 2 heterocycles. The molecule has 0 bridgehead atoms. The summed E-state index contributed by atoms with van der Waals surface area (Å²) in [6.07, 6.45) is -3.48. The van der Waals surface area contributed by atoms with Gasteiger partial charge in [-0.05, 0) is 24.1 Å². The van der Waals surface area contributed by atoms with Gasteiger partial charge < -0.3 is 0 Å². The lowest BCUT2D eigenvalue weighted by molar-refractivity contribution is -0.137. The average molecular weight is 228 g/mol. The van der Waals surface area contributed by atoms with Gasteiger partial charge in [-0.25, -0.2) is 4.52 Å². The first-order valence-electron chi connectivity index (χ1n) is 4.94. The Morgan fingerprint density at radius 2 is 1.94 bits per heavy atom. The Morgan fingerprint density at radius 1 is 1.25 bits per heavy atom. The van der Waals surface area contributed by atoms with Crippen LogP contribution in [0.1, 0.15) is 31.0 Å². The lowest BCUT2D eigenvalue weighted by atomic mass is 10.1. The maximum Gasteiger partial charge on any atom is 0.418 e. The summed E-state index contributed by atoms with van der Waals surface area (Å²) in [5, 5.41) is 3.83. The van der Waals surface area contributed by atoms with Crippen LogP contribution in [0.3, 0.4) is 0 Å². The summed E-state index contributed by atoms with van der Waals surface area (Å²) in [4.78, 5) is 0.